The van der Waals surface area contributed by atoms with E-state index in [0.29, 0.717) is 5.56 Å². The standard InChI is InChI=1S/C25H32N6O14P2/c1-25(2)43-19-14(41-18(20(19)44-25)11-4-3-5-12(6-11)22(27)34)8-40-47(37,38)45-46(35,36)39-7-13-16(32)17(33)24(42-13)31-10-30-15-21(26)28-9-29-23(15)31/h3-6,9-10,13-14,16-20,24,32-33H,7-8H2,1-2H3,(H2,27,34)(H,35,36)(H,37,38)(H2,26,28,29)/t13-,14-,16-,17-,18+,19-,20+,24-/m1/s1. The van der Waals surface area contributed by atoms with Gasteiger partial charge in [0, 0.05) is 5.56 Å². The minimum Gasteiger partial charge on any atom is -0.387 e. The number of carbonyl (C=O) groups excluding carboxylic acids is 1. The largest absolute Gasteiger partial charge is 0.481 e. The number of hydrogen-bond donors (Lipinski definition) is 6. The van der Waals surface area contributed by atoms with Gasteiger partial charge >= 0.3 is 15.6 Å². The first-order chi connectivity index (χ1) is 22.0. The Balaban J connectivity index is 1.07. The third-order valence-electron chi connectivity index (χ3n) is 7.66. The lowest BCUT2D eigenvalue weighted by molar-refractivity contribution is -0.190. The number of aliphatic hydroxyl groups is 2. The molecule has 6 rings (SSSR count). The molecule has 0 saturated carbocycles. The number of nitrogen functional groups attached to an aromatic ring is 1. The number of imidazole rings is 1. The van der Waals surface area contributed by atoms with Gasteiger partial charge in [-0.25, -0.2) is 24.1 Å². The van der Waals surface area contributed by atoms with Crippen LogP contribution >= 0.6 is 15.6 Å². The van der Waals surface area contributed by atoms with Crippen molar-refractivity contribution in [2.45, 2.75) is 68.6 Å². The fraction of sp³-hybridized carbons (Fsp3) is 0.520. The number of ether oxygens (including phenoxy) is 4. The number of hydrogen-bond acceptors (Lipinski definition) is 16. The average Bonchev–Trinajstić information content (AvgIpc) is 3.72. The van der Waals surface area contributed by atoms with E-state index in [1.165, 1.54) is 23.0 Å². The third-order valence-corrected chi connectivity index (χ3v) is 10.3. The zero-order valence-electron chi connectivity index (χ0n) is 24.7. The number of nitrogens with two attached hydrogens (primary N) is 2. The van der Waals surface area contributed by atoms with E-state index in [4.69, 9.17) is 39.5 Å². The van der Waals surface area contributed by atoms with E-state index < -0.39 is 89.5 Å². The lowest BCUT2D eigenvalue weighted by Gasteiger charge is -2.25. The summed E-state index contributed by atoms with van der Waals surface area (Å²) in [7, 11) is -10.6. The molecule has 3 aromatic rings. The van der Waals surface area contributed by atoms with Gasteiger partial charge in [-0.05, 0) is 31.5 Å². The summed E-state index contributed by atoms with van der Waals surface area (Å²) in [5.41, 5.74) is 12.3. The number of primary amides is 1. The Morgan fingerprint density at radius 1 is 1.00 bits per heavy atom. The van der Waals surface area contributed by atoms with E-state index in [1.807, 2.05) is 0 Å². The van der Waals surface area contributed by atoms with Gasteiger partial charge in [-0.2, -0.15) is 4.31 Å². The monoisotopic (exact) mass is 702 g/mol. The molecule has 0 aliphatic carbocycles. The van der Waals surface area contributed by atoms with Gasteiger partial charge < -0.3 is 50.4 Å². The fourth-order valence-corrected chi connectivity index (χ4v) is 7.71. The maximum atomic E-state index is 12.7. The maximum Gasteiger partial charge on any atom is 0.481 e. The molecule has 10 atom stereocenters. The number of phosphoric acid groups is 2. The normalized spacial score (nSPS) is 32.6. The Kier molecular flexibility index (Phi) is 9.03. The van der Waals surface area contributed by atoms with Gasteiger partial charge in [0.15, 0.2) is 23.5 Å². The SMILES string of the molecule is CC1(C)O[C@@H]2[C@H](O1)[C@@H](COP(=O)(O)OP(=O)(O)OC[C@H]1O[C@@H](n3cnc4c(N)ncnc43)[C@H](O)[C@@H]1O)O[C@H]2c1cccc(C(N)=O)c1. The van der Waals surface area contributed by atoms with Crippen molar-refractivity contribution < 1.29 is 66.2 Å². The molecule has 0 bridgehead atoms. The number of anilines is 1. The van der Waals surface area contributed by atoms with Crippen molar-refractivity contribution >= 4 is 38.5 Å². The Hall–Kier alpha value is -2.94. The molecule has 22 heteroatoms. The summed E-state index contributed by atoms with van der Waals surface area (Å²) in [5.74, 6) is -1.65. The molecule has 20 nitrogen and oxygen atoms in total. The van der Waals surface area contributed by atoms with Gasteiger partial charge in [-0.3, -0.25) is 18.4 Å². The van der Waals surface area contributed by atoms with Crippen LogP contribution in [0.25, 0.3) is 11.2 Å². The number of carbonyl (C=O) groups is 1. The number of rotatable bonds is 11. The number of nitrogens with zero attached hydrogens (tertiary/aromatic N) is 4. The van der Waals surface area contributed by atoms with Crippen LogP contribution in [0.5, 0.6) is 0 Å². The van der Waals surface area contributed by atoms with Crippen molar-refractivity contribution in [2.75, 3.05) is 18.9 Å². The van der Waals surface area contributed by atoms with E-state index in [0.717, 1.165) is 6.33 Å². The van der Waals surface area contributed by atoms with Crippen molar-refractivity contribution in [2.24, 2.45) is 5.73 Å². The number of aromatic nitrogens is 4. The molecular weight excluding hydrogens is 670 g/mol. The highest BCUT2D eigenvalue weighted by Crippen LogP contribution is 2.61. The summed E-state index contributed by atoms with van der Waals surface area (Å²) in [6, 6.07) is 6.33. The van der Waals surface area contributed by atoms with Crippen LogP contribution in [0.2, 0.25) is 0 Å². The Bertz CT molecular complexity index is 1760. The lowest BCUT2D eigenvalue weighted by Crippen LogP contribution is -2.33. The molecule has 3 fully saturated rings. The van der Waals surface area contributed by atoms with Crippen molar-refractivity contribution in [3.8, 4) is 0 Å². The first-order valence-electron chi connectivity index (χ1n) is 14.1. The zero-order chi connectivity index (χ0) is 33.9. The molecule has 2 unspecified atom stereocenters. The van der Waals surface area contributed by atoms with E-state index in [1.54, 1.807) is 26.0 Å². The summed E-state index contributed by atoms with van der Waals surface area (Å²) in [6.45, 7) is 1.82. The molecule has 5 heterocycles. The minimum absolute atomic E-state index is 0.0674. The van der Waals surface area contributed by atoms with Gasteiger partial charge in [0.2, 0.25) is 5.91 Å². The fourth-order valence-electron chi connectivity index (χ4n) is 5.62. The van der Waals surface area contributed by atoms with E-state index >= 15 is 0 Å². The third kappa shape index (κ3) is 6.97. The second-order valence-electron chi connectivity index (χ2n) is 11.4. The summed E-state index contributed by atoms with van der Waals surface area (Å²) >= 11 is 0. The molecule has 1 amide bonds. The van der Waals surface area contributed by atoms with Crippen molar-refractivity contribution in [1.82, 2.24) is 19.5 Å². The van der Waals surface area contributed by atoms with Gasteiger partial charge in [-0.15, -0.1) is 0 Å². The van der Waals surface area contributed by atoms with Crippen LogP contribution in [0.1, 0.15) is 42.1 Å². The van der Waals surface area contributed by atoms with Crippen molar-refractivity contribution in [3.05, 3.63) is 48.0 Å². The van der Waals surface area contributed by atoms with Crippen molar-refractivity contribution in [3.63, 3.8) is 0 Å². The van der Waals surface area contributed by atoms with E-state index in [9.17, 15) is 33.9 Å². The number of benzene rings is 1. The smallest absolute Gasteiger partial charge is 0.387 e. The summed E-state index contributed by atoms with van der Waals surface area (Å²) in [5, 5.41) is 21.1. The summed E-state index contributed by atoms with van der Waals surface area (Å²) < 4.78 is 64.4. The van der Waals surface area contributed by atoms with Crippen LogP contribution in [0.3, 0.4) is 0 Å². The molecule has 256 valence electrons. The van der Waals surface area contributed by atoms with Gasteiger partial charge in [0.1, 0.15) is 54.6 Å². The Morgan fingerprint density at radius 3 is 2.38 bits per heavy atom. The number of phosphoric ester groups is 2. The predicted octanol–water partition coefficient (Wildman–Crippen LogP) is 0.0374. The van der Waals surface area contributed by atoms with Crippen LogP contribution in [-0.4, -0.2) is 101 Å². The number of amides is 1. The summed E-state index contributed by atoms with van der Waals surface area (Å²) in [4.78, 5) is 44.1. The first kappa shape index (κ1) is 33.9. The van der Waals surface area contributed by atoms with Crippen LogP contribution < -0.4 is 11.5 Å². The van der Waals surface area contributed by atoms with Crippen LogP contribution in [-0.2, 0) is 41.4 Å². The first-order valence-corrected chi connectivity index (χ1v) is 17.0. The second-order valence-corrected chi connectivity index (χ2v) is 14.4. The molecule has 3 aliphatic heterocycles. The molecule has 47 heavy (non-hydrogen) atoms. The highest BCUT2D eigenvalue weighted by atomic mass is 31.3. The highest BCUT2D eigenvalue weighted by Gasteiger charge is 2.56. The molecule has 2 aromatic heterocycles. The second kappa shape index (κ2) is 12.5. The molecule has 8 N–H and O–H groups in total. The predicted molar refractivity (Wildman–Crippen MR) is 155 cm³/mol. The molecule has 3 saturated heterocycles. The van der Waals surface area contributed by atoms with Crippen LogP contribution in [0.15, 0.2) is 36.9 Å². The van der Waals surface area contributed by atoms with E-state index in [-0.39, 0.29) is 22.5 Å². The van der Waals surface area contributed by atoms with E-state index in [2.05, 4.69) is 19.3 Å². The number of aliphatic hydroxyl groups excluding tert-OH is 2. The van der Waals surface area contributed by atoms with Crippen LogP contribution in [0.4, 0.5) is 5.82 Å². The highest BCUT2D eigenvalue weighted by molar-refractivity contribution is 7.61. The van der Waals surface area contributed by atoms with Crippen LogP contribution in [0, 0.1) is 0 Å². The lowest BCUT2D eigenvalue weighted by atomic mass is 10.00. The van der Waals surface area contributed by atoms with Gasteiger partial charge in [0.25, 0.3) is 0 Å². The molecule has 0 spiro atoms. The summed E-state index contributed by atoms with van der Waals surface area (Å²) in [6.07, 6.45) is -6.76. The maximum absolute atomic E-state index is 12.7. The van der Waals surface area contributed by atoms with Gasteiger partial charge in [0.05, 0.1) is 19.5 Å². The topological polar surface area (TPSA) is 292 Å². The Morgan fingerprint density at radius 2 is 1.68 bits per heavy atom. The molecule has 0 radical (unpaired) electrons. The van der Waals surface area contributed by atoms with Gasteiger partial charge in [-0.1, -0.05) is 12.1 Å². The molecule has 3 aliphatic rings. The molecular formula is C25H32N6O14P2. The minimum atomic E-state index is -5.32. The average molecular weight is 703 g/mol. The zero-order valence-corrected chi connectivity index (χ0v) is 26.5. The number of fused-ring (bicyclic) bond motifs is 2. The van der Waals surface area contributed by atoms with Crippen molar-refractivity contribution in [1.29, 1.82) is 0 Å². The molecule has 1 aromatic carbocycles. The quantitative estimate of drug-likeness (QED) is 0.144. The Labute approximate surface area is 265 Å².